The summed E-state index contributed by atoms with van der Waals surface area (Å²) < 4.78 is 11.1. The number of benzene rings is 2. The number of amides is 1. The number of aliphatic imine (C=N–C) groups is 1. The lowest BCUT2D eigenvalue weighted by atomic mass is 10.1. The molecule has 174 valence electrons. The number of piperidine rings is 1. The number of carbonyl (C=O) groups excluding carboxylic acids is 1. The third-order valence-corrected chi connectivity index (χ3v) is 5.06. The molecule has 0 aromatic heterocycles. The molecule has 0 unspecified atom stereocenters. The molecule has 1 saturated heterocycles. The van der Waals surface area contributed by atoms with Gasteiger partial charge in [-0.2, -0.15) is 0 Å². The molecule has 2 aromatic carbocycles. The van der Waals surface area contributed by atoms with Crippen LogP contribution in [0.15, 0.2) is 53.5 Å². The first-order chi connectivity index (χ1) is 15.2. The summed E-state index contributed by atoms with van der Waals surface area (Å²) in [7, 11) is 1.59. The molecular formula is C24H33IN4O3. The normalized spacial score (nSPS) is 13.7. The van der Waals surface area contributed by atoms with E-state index in [2.05, 4.69) is 15.5 Å². The Hall–Kier alpha value is -2.49. The number of hydrogen-bond acceptors (Lipinski definition) is 4. The molecule has 0 radical (unpaired) electrons. The van der Waals surface area contributed by atoms with Crippen LogP contribution in [0.4, 0.5) is 5.69 Å². The predicted molar refractivity (Wildman–Crippen MR) is 139 cm³/mol. The van der Waals surface area contributed by atoms with Crippen LogP contribution in [0.5, 0.6) is 11.5 Å². The molecule has 0 atom stereocenters. The number of anilines is 1. The second-order valence-electron chi connectivity index (χ2n) is 7.41. The number of carbonyl (C=O) groups is 1. The van der Waals surface area contributed by atoms with Gasteiger partial charge in [0.05, 0.1) is 13.7 Å². The van der Waals surface area contributed by atoms with Crippen molar-refractivity contribution in [3.63, 3.8) is 0 Å². The third-order valence-electron chi connectivity index (χ3n) is 5.06. The van der Waals surface area contributed by atoms with Crippen LogP contribution in [0.25, 0.3) is 0 Å². The number of para-hydroxylation sites is 1. The van der Waals surface area contributed by atoms with Crippen LogP contribution >= 0.6 is 24.0 Å². The largest absolute Gasteiger partial charge is 0.493 e. The van der Waals surface area contributed by atoms with E-state index in [9.17, 15) is 4.79 Å². The van der Waals surface area contributed by atoms with Gasteiger partial charge < -0.3 is 25.0 Å². The SMILES string of the molecule is CCNC(=O)COc1ccc(CN=C(Nc2ccccc2)N2CCCCC2)cc1OC.I. The molecular weight excluding hydrogens is 519 g/mol. The van der Waals surface area contributed by atoms with E-state index in [-0.39, 0.29) is 36.5 Å². The average molecular weight is 552 g/mol. The molecule has 1 heterocycles. The molecule has 0 saturated carbocycles. The fraction of sp³-hybridized carbons (Fsp3) is 0.417. The van der Waals surface area contributed by atoms with E-state index < -0.39 is 0 Å². The monoisotopic (exact) mass is 552 g/mol. The number of rotatable bonds is 8. The van der Waals surface area contributed by atoms with Gasteiger partial charge in [-0.15, -0.1) is 24.0 Å². The zero-order chi connectivity index (χ0) is 21.9. The van der Waals surface area contributed by atoms with Crippen molar-refractivity contribution in [2.24, 2.45) is 4.99 Å². The number of guanidine groups is 1. The second-order valence-corrected chi connectivity index (χ2v) is 7.41. The summed E-state index contributed by atoms with van der Waals surface area (Å²) in [5, 5.41) is 6.19. The second kappa shape index (κ2) is 13.8. The predicted octanol–water partition coefficient (Wildman–Crippen LogP) is 4.28. The van der Waals surface area contributed by atoms with Crippen molar-refractivity contribution in [2.75, 3.05) is 38.7 Å². The molecule has 2 N–H and O–H groups in total. The molecule has 1 aliphatic rings. The van der Waals surface area contributed by atoms with Gasteiger partial charge in [-0.25, -0.2) is 4.99 Å². The highest BCUT2D eigenvalue weighted by Crippen LogP contribution is 2.28. The topological polar surface area (TPSA) is 75.2 Å². The van der Waals surface area contributed by atoms with Crippen molar-refractivity contribution in [1.82, 2.24) is 10.2 Å². The Kier molecular flexibility index (Phi) is 11.1. The Morgan fingerprint density at radius 1 is 1.06 bits per heavy atom. The van der Waals surface area contributed by atoms with Gasteiger partial charge in [0.1, 0.15) is 0 Å². The van der Waals surface area contributed by atoms with Crippen LogP contribution in [-0.4, -0.2) is 50.1 Å². The molecule has 32 heavy (non-hydrogen) atoms. The lowest BCUT2D eigenvalue weighted by Gasteiger charge is -2.30. The van der Waals surface area contributed by atoms with E-state index in [4.69, 9.17) is 14.5 Å². The summed E-state index contributed by atoms with van der Waals surface area (Å²) >= 11 is 0. The highest BCUT2D eigenvalue weighted by molar-refractivity contribution is 14.0. The summed E-state index contributed by atoms with van der Waals surface area (Å²) in [5.41, 5.74) is 2.03. The fourth-order valence-corrected chi connectivity index (χ4v) is 3.46. The number of nitrogens with one attached hydrogen (secondary N) is 2. The number of halogens is 1. The molecule has 8 heteroatoms. The van der Waals surface area contributed by atoms with Crippen LogP contribution in [0.3, 0.4) is 0 Å². The Labute approximate surface area is 207 Å². The molecule has 1 amide bonds. The molecule has 0 bridgehead atoms. The zero-order valence-electron chi connectivity index (χ0n) is 18.8. The van der Waals surface area contributed by atoms with E-state index in [0.717, 1.165) is 30.3 Å². The molecule has 3 rings (SSSR count). The maximum atomic E-state index is 11.7. The van der Waals surface area contributed by atoms with Crippen molar-refractivity contribution in [1.29, 1.82) is 0 Å². The van der Waals surface area contributed by atoms with Gasteiger partial charge in [-0.1, -0.05) is 24.3 Å². The van der Waals surface area contributed by atoms with E-state index in [1.54, 1.807) is 7.11 Å². The fourth-order valence-electron chi connectivity index (χ4n) is 3.46. The molecule has 0 aliphatic carbocycles. The van der Waals surface area contributed by atoms with Gasteiger partial charge >= 0.3 is 0 Å². The number of ether oxygens (including phenoxy) is 2. The van der Waals surface area contributed by atoms with Crippen LogP contribution < -0.4 is 20.1 Å². The van der Waals surface area contributed by atoms with Crippen LogP contribution in [-0.2, 0) is 11.3 Å². The molecule has 1 aliphatic heterocycles. The highest BCUT2D eigenvalue weighted by atomic mass is 127. The summed E-state index contributed by atoms with van der Waals surface area (Å²) in [6.07, 6.45) is 3.63. The maximum absolute atomic E-state index is 11.7. The number of likely N-dealkylation sites (N-methyl/N-ethyl adjacent to an activating group) is 1. The number of nitrogens with zero attached hydrogens (tertiary/aromatic N) is 2. The third kappa shape index (κ3) is 7.89. The minimum atomic E-state index is -0.156. The van der Waals surface area contributed by atoms with E-state index in [1.807, 2.05) is 55.5 Å². The van der Waals surface area contributed by atoms with Gasteiger partial charge in [0.15, 0.2) is 24.1 Å². The van der Waals surface area contributed by atoms with Crippen molar-refractivity contribution in [3.8, 4) is 11.5 Å². The van der Waals surface area contributed by atoms with Gasteiger partial charge in [-0.05, 0) is 56.0 Å². The van der Waals surface area contributed by atoms with E-state index >= 15 is 0 Å². The molecule has 2 aromatic rings. The molecule has 1 fully saturated rings. The maximum Gasteiger partial charge on any atom is 0.257 e. The summed E-state index contributed by atoms with van der Waals surface area (Å²) in [6.45, 7) is 4.94. The Morgan fingerprint density at radius 2 is 1.81 bits per heavy atom. The van der Waals surface area contributed by atoms with Crippen molar-refractivity contribution in [2.45, 2.75) is 32.7 Å². The molecule has 7 nitrogen and oxygen atoms in total. The minimum Gasteiger partial charge on any atom is -0.493 e. The number of methoxy groups -OCH3 is 1. The smallest absolute Gasteiger partial charge is 0.257 e. The Morgan fingerprint density at radius 3 is 2.50 bits per heavy atom. The lowest BCUT2D eigenvalue weighted by Crippen LogP contribution is -2.40. The first kappa shape index (κ1) is 25.8. The van der Waals surface area contributed by atoms with E-state index in [1.165, 1.54) is 19.3 Å². The number of likely N-dealkylation sites (tertiary alicyclic amines) is 1. The first-order valence-corrected chi connectivity index (χ1v) is 10.9. The highest BCUT2D eigenvalue weighted by Gasteiger charge is 2.15. The van der Waals surface area contributed by atoms with Crippen molar-refractivity contribution >= 4 is 41.5 Å². The molecule has 0 spiro atoms. The van der Waals surface area contributed by atoms with Crippen LogP contribution in [0.1, 0.15) is 31.7 Å². The summed E-state index contributed by atoms with van der Waals surface area (Å²) in [5.74, 6) is 1.87. The zero-order valence-corrected chi connectivity index (χ0v) is 21.1. The average Bonchev–Trinajstić information content (AvgIpc) is 2.82. The standard InChI is InChI=1S/C24H32N4O3.HI/c1-3-25-23(29)18-31-21-13-12-19(16-22(21)30-2)17-26-24(28-14-8-5-9-15-28)27-20-10-6-4-7-11-20;/h4,6-7,10-13,16H,3,5,8-9,14-15,17-18H2,1-2H3,(H,25,29)(H,26,27);1H. The van der Waals surface area contributed by atoms with E-state index in [0.29, 0.717) is 24.6 Å². The van der Waals surface area contributed by atoms with Gasteiger partial charge in [0.2, 0.25) is 0 Å². The quantitative estimate of drug-likeness (QED) is 0.291. The summed E-state index contributed by atoms with van der Waals surface area (Å²) in [4.78, 5) is 18.9. The van der Waals surface area contributed by atoms with Crippen molar-refractivity contribution in [3.05, 3.63) is 54.1 Å². The minimum absolute atomic E-state index is 0. The Balaban J connectivity index is 0.00000363. The van der Waals surface area contributed by atoms with Gasteiger partial charge in [0.25, 0.3) is 5.91 Å². The van der Waals surface area contributed by atoms with Crippen LogP contribution in [0.2, 0.25) is 0 Å². The lowest BCUT2D eigenvalue weighted by molar-refractivity contribution is -0.123. The van der Waals surface area contributed by atoms with Gasteiger partial charge in [-0.3, -0.25) is 4.79 Å². The van der Waals surface area contributed by atoms with Gasteiger partial charge in [0, 0.05) is 25.3 Å². The summed E-state index contributed by atoms with van der Waals surface area (Å²) in [6, 6.07) is 15.8. The van der Waals surface area contributed by atoms with Crippen LogP contribution in [0, 0.1) is 0 Å². The van der Waals surface area contributed by atoms with Crippen molar-refractivity contribution < 1.29 is 14.3 Å². The first-order valence-electron chi connectivity index (χ1n) is 10.9. The Bertz CT molecular complexity index is 871. The number of hydrogen-bond donors (Lipinski definition) is 2.